The van der Waals surface area contributed by atoms with E-state index >= 15 is 0 Å². The van der Waals surface area contributed by atoms with Gasteiger partial charge in [0.2, 0.25) is 0 Å². The van der Waals surface area contributed by atoms with E-state index in [-0.39, 0.29) is 23.5 Å². The van der Waals surface area contributed by atoms with Gasteiger partial charge in [-0.05, 0) is 35.4 Å². The van der Waals surface area contributed by atoms with Crippen LogP contribution in [0.15, 0.2) is 49.6 Å². The zero-order valence-electron chi connectivity index (χ0n) is 12.4. The predicted molar refractivity (Wildman–Crippen MR) is 93.0 cm³/mol. The molecule has 2 aromatic rings. The smallest absolute Gasteiger partial charge is 0.174 e. The van der Waals surface area contributed by atoms with Crippen LogP contribution >= 0.6 is 11.6 Å². The standard InChI is InChI=1S/C19H15ClO3/c1-3-12-5-6-14(9-13(12)4-2)18(22)11-19(23)16-10-15(20)7-8-17(16)21/h3-10,21H,1-2,11H2. The Labute approximate surface area is 139 Å². The van der Waals surface area contributed by atoms with Gasteiger partial charge in [0.25, 0.3) is 0 Å². The number of aromatic hydroxyl groups is 1. The largest absolute Gasteiger partial charge is 0.507 e. The number of carbonyl (C=O) groups is 2. The fourth-order valence-corrected chi connectivity index (χ4v) is 2.36. The molecule has 0 bridgehead atoms. The molecule has 0 fully saturated rings. The summed E-state index contributed by atoms with van der Waals surface area (Å²) in [5.41, 5.74) is 2.07. The van der Waals surface area contributed by atoms with Crippen LogP contribution in [0.3, 0.4) is 0 Å². The second kappa shape index (κ2) is 7.07. The number of hydrogen-bond donors (Lipinski definition) is 1. The molecule has 0 heterocycles. The number of benzene rings is 2. The molecule has 0 aliphatic carbocycles. The Morgan fingerprint density at radius 1 is 1.00 bits per heavy atom. The van der Waals surface area contributed by atoms with Crippen LogP contribution in [0.5, 0.6) is 5.75 Å². The zero-order valence-corrected chi connectivity index (χ0v) is 13.1. The summed E-state index contributed by atoms with van der Waals surface area (Å²) in [5.74, 6) is -1.02. The maximum Gasteiger partial charge on any atom is 0.174 e. The Kier molecular flexibility index (Phi) is 5.14. The number of carbonyl (C=O) groups excluding carboxylic acids is 2. The minimum atomic E-state index is -0.483. The Hall–Kier alpha value is -2.65. The molecule has 0 spiro atoms. The number of phenolic OH excluding ortho intramolecular Hbond substituents is 1. The lowest BCUT2D eigenvalue weighted by Gasteiger charge is -2.07. The van der Waals surface area contributed by atoms with Crippen molar-refractivity contribution in [2.24, 2.45) is 0 Å². The van der Waals surface area contributed by atoms with E-state index in [1.807, 2.05) is 0 Å². The summed E-state index contributed by atoms with van der Waals surface area (Å²) in [6.45, 7) is 7.39. The van der Waals surface area contributed by atoms with E-state index in [0.717, 1.165) is 11.1 Å². The van der Waals surface area contributed by atoms with Gasteiger partial charge in [-0.25, -0.2) is 0 Å². The van der Waals surface area contributed by atoms with Gasteiger partial charge in [0.05, 0.1) is 12.0 Å². The molecule has 116 valence electrons. The van der Waals surface area contributed by atoms with E-state index in [1.54, 1.807) is 30.4 Å². The van der Waals surface area contributed by atoms with E-state index < -0.39 is 5.78 Å². The van der Waals surface area contributed by atoms with Crippen molar-refractivity contribution in [3.8, 4) is 5.75 Å². The normalized spacial score (nSPS) is 10.1. The van der Waals surface area contributed by atoms with Crippen LogP contribution in [0, 0.1) is 0 Å². The van der Waals surface area contributed by atoms with Crippen molar-refractivity contribution in [2.75, 3.05) is 0 Å². The Morgan fingerprint density at radius 2 is 1.70 bits per heavy atom. The van der Waals surface area contributed by atoms with Crippen molar-refractivity contribution in [2.45, 2.75) is 6.42 Å². The van der Waals surface area contributed by atoms with Crippen LogP contribution in [0.2, 0.25) is 5.02 Å². The van der Waals surface area contributed by atoms with Gasteiger partial charge in [0.1, 0.15) is 5.75 Å². The highest BCUT2D eigenvalue weighted by atomic mass is 35.5. The molecule has 4 heteroatoms. The molecule has 0 saturated heterocycles. The lowest BCUT2D eigenvalue weighted by molar-refractivity contribution is 0.0893. The molecular weight excluding hydrogens is 312 g/mol. The van der Waals surface area contributed by atoms with Crippen LogP contribution in [-0.4, -0.2) is 16.7 Å². The van der Waals surface area contributed by atoms with Crippen molar-refractivity contribution in [1.82, 2.24) is 0 Å². The maximum absolute atomic E-state index is 12.3. The number of hydrogen-bond acceptors (Lipinski definition) is 3. The average molecular weight is 327 g/mol. The van der Waals surface area contributed by atoms with Crippen LogP contribution in [0.1, 0.15) is 38.3 Å². The molecule has 2 rings (SSSR count). The third-order valence-corrected chi connectivity index (χ3v) is 3.66. The van der Waals surface area contributed by atoms with Gasteiger partial charge >= 0.3 is 0 Å². The second-order valence-corrected chi connectivity index (χ2v) is 5.37. The van der Waals surface area contributed by atoms with Crippen molar-refractivity contribution in [3.63, 3.8) is 0 Å². The summed E-state index contributed by atoms with van der Waals surface area (Å²) in [6, 6.07) is 9.20. The Balaban J connectivity index is 2.25. The number of rotatable bonds is 6. The van der Waals surface area contributed by atoms with E-state index in [4.69, 9.17) is 11.6 Å². The van der Waals surface area contributed by atoms with Gasteiger partial charge in [-0.1, -0.05) is 49.0 Å². The van der Waals surface area contributed by atoms with Crippen LogP contribution in [0.4, 0.5) is 0 Å². The maximum atomic E-state index is 12.3. The van der Waals surface area contributed by atoms with Gasteiger partial charge in [-0.15, -0.1) is 0 Å². The molecule has 1 N–H and O–H groups in total. The van der Waals surface area contributed by atoms with E-state index in [2.05, 4.69) is 13.2 Å². The van der Waals surface area contributed by atoms with E-state index in [0.29, 0.717) is 10.6 Å². The number of phenols is 1. The van der Waals surface area contributed by atoms with Crippen molar-refractivity contribution in [1.29, 1.82) is 0 Å². The monoisotopic (exact) mass is 326 g/mol. The summed E-state index contributed by atoms with van der Waals surface area (Å²) in [6.07, 6.45) is 2.94. The minimum absolute atomic E-state index is 0.0394. The Bertz CT molecular complexity index is 806. The zero-order chi connectivity index (χ0) is 17.0. The molecule has 2 aromatic carbocycles. The molecule has 0 aliphatic rings. The molecule has 0 saturated carbocycles. The molecule has 0 unspecified atom stereocenters. The molecule has 23 heavy (non-hydrogen) atoms. The lowest BCUT2D eigenvalue weighted by atomic mass is 9.97. The first-order chi connectivity index (χ1) is 11.0. The first-order valence-electron chi connectivity index (χ1n) is 6.90. The number of Topliss-reactive ketones (excluding diaryl/α,β-unsaturated/α-hetero) is 2. The van der Waals surface area contributed by atoms with Crippen molar-refractivity contribution >= 4 is 35.3 Å². The first-order valence-corrected chi connectivity index (χ1v) is 7.28. The van der Waals surface area contributed by atoms with E-state index in [9.17, 15) is 14.7 Å². The van der Waals surface area contributed by atoms with Crippen molar-refractivity contribution < 1.29 is 14.7 Å². The summed E-state index contributed by atoms with van der Waals surface area (Å²) in [5, 5.41) is 10.0. The molecule has 0 atom stereocenters. The molecule has 0 aliphatic heterocycles. The second-order valence-electron chi connectivity index (χ2n) is 4.94. The number of ketones is 2. The molecular formula is C19H15ClO3. The van der Waals surface area contributed by atoms with Crippen LogP contribution in [-0.2, 0) is 0 Å². The molecule has 0 radical (unpaired) electrons. The SMILES string of the molecule is C=Cc1ccc(C(=O)CC(=O)c2cc(Cl)ccc2O)cc1C=C. The highest BCUT2D eigenvalue weighted by molar-refractivity contribution is 6.31. The lowest BCUT2D eigenvalue weighted by Crippen LogP contribution is -2.09. The van der Waals surface area contributed by atoms with Gasteiger partial charge in [-0.2, -0.15) is 0 Å². The fourth-order valence-electron chi connectivity index (χ4n) is 2.19. The van der Waals surface area contributed by atoms with Gasteiger partial charge in [0, 0.05) is 10.6 Å². The predicted octanol–water partition coefficient (Wildman–Crippen LogP) is 4.79. The summed E-state index contributed by atoms with van der Waals surface area (Å²) < 4.78 is 0. The summed E-state index contributed by atoms with van der Waals surface area (Å²) >= 11 is 5.82. The topological polar surface area (TPSA) is 54.4 Å². The van der Waals surface area contributed by atoms with Gasteiger partial charge < -0.3 is 5.11 Å². The Morgan fingerprint density at radius 3 is 2.35 bits per heavy atom. The third kappa shape index (κ3) is 3.76. The third-order valence-electron chi connectivity index (χ3n) is 3.43. The minimum Gasteiger partial charge on any atom is -0.507 e. The average Bonchev–Trinajstić information content (AvgIpc) is 2.56. The van der Waals surface area contributed by atoms with Crippen LogP contribution in [0.25, 0.3) is 12.2 Å². The van der Waals surface area contributed by atoms with E-state index in [1.165, 1.54) is 18.2 Å². The van der Waals surface area contributed by atoms with Gasteiger partial charge in [0.15, 0.2) is 11.6 Å². The molecule has 3 nitrogen and oxygen atoms in total. The highest BCUT2D eigenvalue weighted by Crippen LogP contribution is 2.24. The summed E-state index contributed by atoms with van der Waals surface area (Å²) in [7, 11) is 0. The summed E-state index contributed by atoms with van der Waals surface area (Å²) in [4.78, 5) is 24.5. The fraction of sp³-hybridized carbons (Fsp3) is 0.0526. The van der Waals surface area contributed by atoms with Crippen LogP contribution < -0.4 is 0 Å². The number of halogens is 1. The molecule has 0 aromatic heterocycles. The first kappa shape index (κ1) is 16.7. The van der Waals surface area contributed by atoms with Gasteiger partial charge in [-0.3, -0.25) is 9.59 Å². The highest BCUT2D eigenvalue weighted by Gasteiger charge is 2.17. The van der Waals surface area contributed by atoms with Crippen molar-refractivity contribution in [3.05, 3.63) is 76.8 Å². The quantitative estimate of drug-likeness (QED) is 0.613. The molecule has 0 amide bonds.